The van der Waals surface area contributed by atoms with Gasteiger partial charge in [-0.05, 0) is 38.5 Å². The summed E-state index contributed by atoms with van der Waals surface area (Å²) in [7, 11) is 0. The molecule has 0 radical (unpaired) electrons. The fourth-order valence-corrected chi connectivity index (χ4v) is 5.85. The summed E-state index contributed by atoms with van der Waals surface area (Å²) >= 11 is 0. The summed E-state index contributed by atoms with van der Waals surface area (Å²) in [6.45, 7) is 6.53. The second-order valence-corrected chi connectivity index (χ2v) is 13.9. The molecule has 0 heterocycles. The predicted molar refractivity (Wildman–Crippen MR) is 201 cm³/mol. The number of allylic oxidation sites excluding steroid dienone is 2. The fraction of sp³-hybridized carbons (Fsp3) is 0.881. The Labute approximate surface area is 297 Å². The lowest BCUT2D eigenvalue weighted by atomic mass is 10.1. The summed E-state index contributed by atoms with van der Waals surface area (Å²) in [4.78, 5) is 37.4. The Bertz CT molecular complexity index is 748. The Morgan fingerprint density at radius 3 is 1.12 bits per heavy atom. The molecule has 0 aromatic rings. The molecular weight excluding hydrogens is 600 g/mol. The van der Waals surface area contributed by atoms with E-state index < -0.39 is 6.10 Å². The minimum atomic E-state index is -0.763. The Morgan fingerprint density at radius 1 is 0.396 bits per heavy atom. The molecule has 0 saturated carbocycles. The summed E-state index contributed by atoms with van der Waals surface area (Å²) < 4.78 is 16.6. The van der Waals surface area contributed by atoms with E-state index in [-0.39, 0.29) is 31.1 Å². The highest BCUT2D eigenvalue weighted by molar-refractivity contribution is 5.71. The fourth-order valence-electron chi connectivity index (χ4n) is 5.85. The molecule has 0 fully saturated rings. The van der Waals surface area contributed by atoms with Gasteiger partial charge in [-0.1, -0.05) is 174 Å². The summed E-state index contributed by atoms with van der Waals surface area (Å²) in [5.74, 6) is -0.882. The summed E-state index contributed by atoms with van der Waals surface area (Å²) in [6.07, 6.45) is 37.6. The highest BCUT2D eigenvalue weighted by Gasteiger charge is 2.19. The van der Waals surface area contributed by atoms with Crippen LogP contribution in [-0.2, 0) is 28.6 Å². The smallest absolute Gasteiger partial charge is 0.306 e. The zero-order valence-electron chi connectivity index (χ0n) is 32.0. The Balaban J connectivity index is 4.35. The van der Waals surface area contributed by atoms with E-state index in [9.17, 15) is 14.4 Å². The third-order valence-corrected chi connectivity index (χ3v) is 9.00. The standard InChI is InChI=1S/C42H78O6/c1-4-7-10-13-16-19-21-24-26-29-32-35-41(44)47-38-39(37-46-40(43)34-31-28-25-22-18-15-12-9-6-3)48-42(45)36-33-30-27-23-20-17-14-11-8-5-2/h11,14,39H,4-10,12-13,15-38H2,1-3H3/b14-11-. The van der Waals surface area contributed by atoms with Crippen molar-refractivity contribution < 1.29 is 28.6 Å². The van der Waals surface area contributed by atoms with E-state index in [0.29, 0.717) is 19.3 Å². The SMILES string of the molecule is CCC/C=C\CCCCCCCC(=O)OC(COC(=O)CCCCCCCCCCC)COC(=O)CCCCCCCCCCCCC. The van der Waals surface area contributed by atoms with Gasteiger partial charge in [-0.3, -0.25) is 14.4 Å². The van der Waals surface area contributed by atoms with Crippen LogP contribution in [-0.4, -0.2) is 37.2 Å². The van der Waals surface area contributed by atoms with Crippen molar-refractivity contribution in [1.29, 1.82) is 0 Å². The van der Waals surface area contributed by atoms with Crippen molar-refractivity contribution in [1.82, 2.24) is 0 Å². The number of esters is 3. The van der Waals surface area contributed by atoms with E-state index in [2.05, 4.69) is 32.9 Å². The van der Waals surface area contributed by atoms with Gasteiger partial charge in [-0.2, -0.15) is 0 Å². The average molecular weight is 679 g/mol. The summed E-state index contributed by atoms with van der Waals surface area (Å²) in [5.41, 5.74) is 0. The molecule has 48 heavy (non-hydrogen) atoms. The van der Waals surface area contributed by atoms with Crippen molar-refractivity contribution >= 4 is 17.9 Å². The van der Waals surface area contributed by atoms with Crippen molar-refractivity contribution in [2.75, 3.05) is 13.2 Å². The zero-order chi connectivity index (χ0) is 35.2. The summed E-state index contributed by atoms with van der Waals surface area (Å²) in [6, 6.07) is 0. The molecule has 0 aromatic heterocycles. The zero-order valence-corrected chi connectivity index (χ0v) is 32.0. The molecule has 0 aliphatic carbocycles. The number of ether oxygens (including phenoxy) is 3. The number of carbonyl (C=O) groups excluding carboxylic acids is 3. The van der Waals surface area contributed by atoms with Gasteiger partial charge < -0.3 is 14.2 Å². The van der Waals surface area contributed by atoms with Crippen LogP contribution in [0.15, 0.2) is 12.2 Å². The topological polar surface area (TPSA) is 78.9 Å². The number of hydrogen-bond donors (Lipinski definition) is 0. The molecule has 0 saturated heterocycles. The van der Waals surface area contributed by atoms with Gasteiger partial charge in [0.25, 0.3) is 0 Å². The van der Waals surface area contributed by atoms with Crippen molar-refractivity contribution in [3.63, 3.8) is 0 Å². The second-order valence-electron chi connectivity index (χ2n) is 13.9. The van der Waals surface area contributed by atoms with Gasteiger partial charge in [0.05, 0.1) is 0 Å². The number of unbranched alkanes of at least 4 members (excludes halogenated alkanes) is 24. The first kappa shape index (κ1) is 46.1. The first-order valence-corrected chi connectivity index (χ1v) is 20.7. The minimum Gasteiger partial charge on any atom is -0.462 e. The van der Waals surface area contributed by atoms with Gasteiger partial charge in [0, 0.05) is 19.3 Å². The van der Waals surface area contributed by atoms with Crippen LogP contribution in [0.25, 0.3) is 0 Å². The quantitative estimate of drug-likeness (QED) is 0.0282. The molecule has 1 unspecified atom stereocenters. The number of rotatable bonds is 37. The molecule has 282 valence electrons. The lowest BCUT2D eigenvalue weighted by Crippen LogP contribution is -2.30. The predicted octanol–water partition coefficient (Wildman–Crippen LogP) is 12.7. The molecule has 1 atom stereocenters. The monoisotopic (exact) mass is 679 g/mol. The first-order chi connectivity index (χ1) is 23.5. The van der Waals surface area contributed by atoms with Crippen LogP contribution in [0.2, 0.25) is 0 Å². The van der Waals surface area contributed by atoms with Crippen LogP contribution in [0.4, 0.5) is 0 Å². The molecule has 0 rings (SSSR count). The normalized spacial score (nSPS) is 12.0. The molecule has 0 aliphatic heterocycles. The maximum Gasteiger partial charge on any atom is 0.306 e. The van der Waals surface area contributed by atoms with E-state index in [1.54, 1.807) is 0 Å². The highest BCUT2D eigenvalue weighted by atomic mass is 16.6. The molecule has 0 amide bonds. The van der Waals surface area contributed by atoms with Crippen LogP contribution in [0, 0.1) is 0 Å². The lowest BCUT2D eigenvalue weighted by Gasteiger charge is -2.18. The number of carbonyl (C=O) groups is 3. The van der Waals surface area contributed by atoms with Gasteiger partial charge in [0.15, 0.2) is 6.10 Å². The summed E-state index contributed by atoms with van der Waals surface area (Å²) in [5, 5.41) is 0. The van der Waals surface area contributed by atoms with Crippen molar-refractivity contribution in [3.8, 4) is 0 Å². The van der Waals surface area contributed by atoms with Gasteiger partial charge in [0.2, 0.25) is 0 Å². The van der Waals surface area contributed by atoms with E-state index in [1.807, 2.05) is 0 Å². The van der Waals surface area contributed by atoms with Crippen molar-refractivity contribution in [3.05, 3.63) is 12.2 Å². The molecule has 0 aromatic carbocycles. The molecule has 6 nitrogen and oxygen atoms in total. The Morgan fingerprint density at radius 2 is 0.729 bits per heavy atom. The highest BCUT2D eigenvalue weighted by Crippen LogP contribution is 2.14. The van der Waals surface area contributed by atoms with Gasteiger partial charge in [-0.15, -0.1) is 0 Å². The second kappa shape index (κ2) is 38.0. The number of hydrogen-bond acceptors (Lipinski definition) is 6. The van der Waals surface area contributed by atoms with E-state index in [4.69, 9.17) is 14.2 Å². The van der Waals surface area contributed by atoms with Crippen molar-refractivity contribution in [2.24, 2.45) is 0 Å². The average Bonchev–Trinajstić information content (AvgIpc) is 3.08. The van der Waals surface area contributed by atoms with Crippen LogP contribution in [0.3, 0.4) is 0 Å². The minimum absolute atomic E-state index is 0.0700. The van der Waals surface area contributed by atoms with Crippen LogP contribution < -0.4 is 0 Å². The van der Waals surface area contributed by atoms with E-state index >= 15 is 0 Å². The molecular formula is C42H78O6. The largest absolute Gasteiger partial charge is 0.462 e. The van der Waals surface area contributed by atoms with Gasteiger partial charge in [-0.25, -0.2) is 0 Å². The lowest BCUT2D eigenvalue weighted by molar-refractivity contribution is -0.167. The van der Waals surface area contributed by atoms with Gasteiger partial charge in [0.1, 0.15) is 13.2 Å². The molecule has 0 N–H and O–H groups in total. The first-order valence-electron chi connectivity index (χ1n) is 20.7. The maximum atomic E-state index is 12.6. The third-order valence-electron chi connectivity index (χ3n) is 9.00. The van der Waals surface area contributed by atoms with E-state index in [1.165, 1.54) is 103 Å². The van der Waals surface area contributed by atoms with Crippen molar-refractivity contribution in [2.45, 2.75) is 226 Å². The Hall–Kier alpha value is -1.85. The van der Waals surface area contributed by atoms with E-state index in [0.717, 1.165) is 77.0 Å². The maximum absolute atomic E-state index is 12.6. The molecule has 0 spiro atoms. The van der Waals surface area contributed by atoms with Crippen LogP contribution in [0.1, 0.15) is 220 Å². The Kier molecular flexibility index (Phi) is 36.5. The van der Waals surface area contributed by atoms with Gasteiger partial charge >= 0.3 is 17.9 Å². The van der Waals surface area contributed by atoms with Crippen LogP contribution in [0.5, 0.6) is 0 Å². The molecule has 6 heteroatoms. The molecule has 0 aliphatic rings. The molecule has 0 bridgehead atoms. The van der Waals surface area contributed by atoms with Crippen LogP contribution >= 0.6 is 0 Å². The third kappa shape index (κ3) is 35.5.